The maximum Gasteiger partial charge on any atom is 0.246 e. The Hall–Kier alpha value is -2.57. The molecule has 0 atom stereocenters. The van der Waals surface area contributed by atoms with Crippen molar-refractivity contribution >= 4 is 6.29 Å². The van der Waals surface area contributed by atoms with Crippen molar-refractivity contribution in [2.45, 2.75) is 71.1 Å². The SMILES string of the molecule is CC/C=C(\C/C=C\C/C=C\C/C=C(\CCCCCCC=O)[N+](=O)[O-])[N+](=O)[O-]. The van der Waals surface area contributed by atoms with Crippen molar-refractivity contribution in [1.29, 1.82) is 0 Å². The third kappa shape index (κ3) is 14.3. The zero-order valence-corrected chi connectivity index (χ0v) is 16.0. The number of carbonyl (C=O) groups excluding carboxylic acids is 1. The van der Waals surface area contributed by atoms with Crippen LogP contribution in [0.15, 0.2) is 47.9 Å². The number of carbonyl (C=O) groups is 1. The minimum Gasteiger partial charge on any atom is -0.303 e. The van der Waals surface area contributed by atoms with Gasteiger partial charge in [0, 0.05) is 12.8 Å². The summed E-state index contributed by atoms with van der Waals surface area (Å²) in [5.41, 5.74) is 0.424. The first-order valence-corrected chi connectivity index (χ1v) is 9.43. The molecule has 150 valence electrons. The number of nitrogens with zero attached hydrogens (tertiary/aromatic N) is 2. The summed E-state index contributed by atoms with van der Waals surface area (Å²) in [6, 6.07) is 0. The minimum atomic E-state index is -0.365. The summed E-state index contributed by atoms with van der Waals surface area (Å²) < 4.78 is 0. The van der Waals surface area contributed by atoms with Crippen molar-refractivity contribution in [3.63, 3.8) is 0 Å². The third-order valence-electron chi connectivity index (χ3n) is 3.84. The third-order valence-corrected chi connectivity index (χ3v) is 3.84. The molecule has 0 aromatic carbocycles. The van der Waals surface area contributed by atoms with Crippen molar-refractivity contribution in [2.75, 3.05) is 0 Å². The molecule has 7 nitrogen and oxygen atoms in total. The van der Waals surface area contributed by atoms with Gasteiger partial charge in [-0.25, -0.2) is 0 Å². The van der Waals surface area contributed by atoms with Crippen molar-refractivity contribution in [1.82, 2.24) is 0 Å². The Morgan fingerprint density at radius 1 is 0.815 bits per heavy atom. The van der Waals surface area contributed by atoms with Gasteiger partial charge >= 0.3 is 0 Å². The van der Waals surface area contributed by atoms with Crippen molar-refractivity contribution < 1.29 is 14.6 Å². The lowest BCUT2D eigenvalue weighted by atomic mass is 10.1. The smallest absolute Gasteiger partial charge is 0.246 e. The fraction of sp³-hybridized carbons (Fsp3) is 0.550. The first-order chi connectivity index (χ1) is 13.0. The zero-order valence-electron chi connectivity index (χ0n) is 16.0. The van der Waals surface area contributed by atoms with E-state index in [1.165, 1.54) is 0 Å². The lowest BCUT2D eigenvalue weighted by Crippen LogP contribution is -1.98. The van der Waals surface area contributed by atoms with E-state index in [1.807, 2.05) is 25.2 Å². The molecule has 0 amide bonds. The highest BCUT2D eigenvalue weighted by atomic mass is 16.6. The van der Waals surface area contributed by atoms with Gasteiger partial charge in [-0.15, -0.1) is 0 Å². The van der Waals surface area contributed by atoms with E-state index in [4.69, 9.17) is 0 Å². The standard InChI is InChI=1S/C20H30N2O5/c1-2-14-19(21(24)25)15-10-6-3-4-7-11-16-20(22(26)27)17-12-8-5-9-13-18-23/h4,6-7,10,14,16,18H,2-3,5,8-9,11-13,15,17H2,1H3/b7-4-,10-6-,19-14+,20-16+. The molecule has 0 spiro atoms. The quantitative estimate of drug-likeness (QED) is 0.115. The van der Waals surface area contributed by atoms with Gasteiger partial charge in [0.2, 0.25) is 11.4 Å². The van der Waals surface area contributed by atoms with Crippen LogP contribution in [-0.4, -0.2) is 16.1 Å². The number of hydrogen-bond donors (Lipinski definition) is 0. The average molecular weight is 378 g/mol. The number of allylic oxidation sites excluding steroid dienone is 7. The lowest BCUT2D eigenvalue weighted by molar-refractivity contribution is -0.428. The van der Waals surface area contributed by atoms with Crippen LogP contribution in [0.5, 0.6) is 0 Å². The van der Waals surface area contributed by atoms with E-state index in [0.29, 0.717) is 38.5 Å². The van der Waals surface area contributed by atoms with Crippen LogP contribution in [0.4, 0.5) is 0 Å². The largest absolute Gasteiger partial charge is 0.303 e. The Kier molecular flexibility index (Phi) is 15.3. The monoisotopic (exact) mass is 378 g/mol. The van der Waals surface area contributed by atoms with Gasteiger partial charge in [0.25, 0.3) is 0 Å². The molecule has 0 aliphatic carbocycles. The fourth-order valence-corrected chi connectivity index (χ4v) is 2.40. The number of rotatable bonds is 16. The second kappa shape index (κ2) is 16.9. The summed E-state index contributed by atoms with van der Waals surface area (Å²) >= 11 is 0. The van der Waals surface area contributed by atoms with Gasteiger partial charge < -0.3 is 4.79 Å². The molecule has 0 aliphatic rings. The van der Waals surface area contributed by atoms with Gasteiger partial charge in [0.05, 0.1) is 16.3 Å². The molecule has 0 heterocycles. The molecule has 0 N–H and O–H groups in total. The highest BCUT2D eigenvalue weighted by Gasteiger charge is 2.08. The summed E-state index contributed by atoms with van der Waals surface area (Å²) in [6.45, 7) is 1.86. The van der Waals surface area contributed by atoms with Crippen LogP contribution in [0, 0.1) is 20.2 Å². The maximum absolute atomic E-state index is 11.0. The summed E-state index contributed by atoms with van der Waals surface area (Å²) in [5, 5.41) is 21.8. The van der Waals surface area contributed by atoms with Gasteiger partial charge in [-0.2, -0.15) is 0 Å². The van der Waals surface area contributed by atoms with Gasteiger partial charge in [-0.3, -0.25) is 20.2 Å². The molecule has 0 aromatic rings. The number of aldehydes is 1. The Balaban J connectivity index is 4.16. The van der Waals surface area contributed by atoms with Crippen LogP contribution in [-0.2, 0) is 4.79 Å². The van der Waals surface area contributed by atoms with E-state index in [-0.39, 0.29) is 21.2 Å². The second-order valence-electron chi connectivity index (χ2n) is 6.05. The molecular formula is C20H30N2O5. The highest BCUT2D eigenvalue weighted by Crippen LogP contribution is 2.12. The van der Waals surface area contributed by atoms with E-state index >= 15 is 0 Å². The molecule has 0 fully saturated rings. The van der Waals surface area contributed by atoms with E-state index in [9.17, 15) is 25.0 Å². The second-order valence-corrected chi connectivity index (χ2v) is 6.05. The van der Waals surface area contributed by atoms with Crippen LogP contribution in [0.2, 0.25) is 0 Å². The number of unbranched alkanes of at least 4 members (excludes halogenated alkanes) is 4. The molecule has 7 heteroatoms. The summed E-state index contributed by atoms with van der Waals surface area (Å²) in [4.78, 5) is 31.3. The fourth-order valence-electron chi connectivity index (χ4n) is 2.40. The molecule has 0 aromatic heterocycles. The van der Waals surface area contributed by atoms with Gasteiger partial charge in [-0.1, -0.05) is 44.1 Å². The van der Waals surface area contributed by atoms with E-state index < -0.39 is 0 Å². The highest BCUT2D eigenvalue weighted by molar-refractivity contribution is 5.48. The Bertz CT molecular complexity index is 577. The van der Waals surface area contributed by atoms with Crippen molar-refractivity contribution in [3.8, 4) is 0 Å². The lowest BCUT2D eigenvalue weighted by Gasteiger charge is -1.99. The van der Waals surface area contributed by atoms with Gasteiger partial charge in [0.1, 0.15) is 6.29 Å². The van der Waals surface area contributed by atoms with Gasteiger partial charge in [0.15, 0.2) is 0 Å². The Labute approximate surface area is 160 Å². The number of hydrogen-bond acceptors (Lipinski definition) is 5. The van der Waals surface area contributed by atoms with E-state index in [0.717, 1.165) is 32.0 Å². The number of nitro groups is 2. The molecule has 0 saturated heterocycles. The molecule has 0 rings (SSSR count). The topological polar surface area (TPSA) is 103 Å². The van der Waals surface area contributed by atoms with E-state index in [1.54, 1.807) is 18.2 Å². The van der Waals surface area contributed by atoms with Crippen LogP contribution < -0.4 is 0 Å². The Morgan fingerprint density at radius 2 is 1.44 bits per heavy atom. The average Bonchev–Trinajstić information content (AvgIpc) is 2.63. The maximum atomic E-state index is 11.0. The molecular weight excluding hydrogens is 348 g/mol. The van der Waals surface area contributed by atoms with Crippen molar-refractivity contribution in [2.24, 2.45) is 0 Å². The normalized spacial score (nSPS) is 12.8. The van der Waals surface area contributed by atoms with E-state index in [2.05, 4.69) is 0 Å². The summed E-state index contributed by atoms with van der Waals surface area (Å²) in [7, 11) is 0. The summed E-state index contributed by atoms with van der Waals surface area (Å²) in [5.74, 6) is 0. The Morgan fingerprint density at radius 3 is 2.07 bits per heavy atom. The molecule has 0 aliphatic heterocycles. The van der Waals surface area contributed by atoms with Crippen LogP contribution in [0.3, 0.4) is 0 Å². The molecule has 0 radical (unpaired) electrons. The van der Waals surface area contributed by atoms with Crippen LogP contribution in [0.25, 0.3) is 0 Å². The summed E-state index contributed by atoms with van der Waals surface area (Å²) in [6.07, 6.45) is 17.9. The minimum absolute atomic E-state index is 0.197. The van der Waals surface area contributed by atoms with Crippen LogP contribution >= 0.6 is 0 Å². The first-order valence-electron chi connectivity index (χ1n) is 9.43. The molecule has 0 bridgehead atoms. The zero-order chi connectivity index (χ0) is 20.3. The predicted molar refractivity (Wildman–Crippen MR) is 106 cm³/mol. The molecule has 27 heavy (non-hydrogen) atoms. The molecule has 0 saturated carbocycles. The van der Waals surface area contributed by atoms with Crippen LogP contribution in [0.1, 0.15) is 71.1 Å². The predicted octanol–water partition coefficient (Wildman–Crippen LogP) is 5.54. The molecule has 0 unspecified atom stereocenters. The van der Waals surface area contributed by atoms with Gasteiger partial charge in [-0.05, 0) is 44.3 Å². The first kappa shape index (κ1) is 24.4. The van der Waals surface area contributed by atoms with Crippen molar-refractivity contribution in [3.05, 3.63) is 68.1 Å².